The van der Waals surface area contributed by atoms with Crippen LogP contribution in [-0.2, 0) is 4.79 Å². The smallest absolute Gasteiger partial charge is 0.403 e. The fraction of sp³-hybridized carbons (Fsp3) is 0.389. The van der Waals surface area contributed by atoms with Crippen LogP contribution in [0.4, 0.5) is 27.8 Å². The van der Waals surface area contributed by atoms with Crippen molar-refractivity contribution >= 4 is 11.7 Å². The van der Waals surface area contributed by atoms with Crippen LogP contribution in [0.15, 0.2) is 30.6 Å². The van der Waals surface area contributed by atoms with Gasteiger partial charge in [0.1, 0.15) is 18.3 Å². The Morgan fingerprint density at radius 3 is 2.66 bits per heavy atom. The standard InChI is InChI=1S/C18H17F5N4O2/c1-10(28)26-14-4-5-27(8-13(14)20)17-7-15(24-9-25-17)11-2-3-16(12(19)6-11)29-18(21,22)23/h2-3,6-7,9,13-14H,4-5,8H2,1H3,(H,26,28)/t13-,14-/m0/s1. The van der Waals surface area contributed by atoms with Crippen LogP contribution in [0.5, 0.6) is 5.75 Å². The molecule has 1 amide bonds. The lowest BCUT2D eigenvalue weighted by molar-refractivity contribution is -0.275. The van der Waals surface area contributed by atoms with E-state index in [0.29, 0.717) is 18.8 Å². The zero-order valence-corrected chi connectivity index (χ0v) is 15.2. The van der Waals surface area contributed by atoms with Gasteiger partial charge in [0.15, 0.2) is 11.6 Å². The van der Waals surface area contributed by atoms with Gasteiger partial charge in [0.25, 0.3) is 0 Å². The first kappa shape index (κ1) is 20.7. The number of aromatic nitrogens is 2. The minimum atomic E-state index is -5.00. The molecular formula is C18H17F5N4O2. The lowest BCUT2D eigenvalue weighted by Gasteiger charge is -2.35. The van der Waals surface area contributed by atoms with Crippen molar-refractivity contribution < 1.29 is 31.5 Å². The predicted octanol–water partition coefficient (Wildman–Crippen LogP) is 3.23. The number of halogens is 5. The number of hydrogen-bond acceptors (Lipinski definition) is 5. The summed E-state index contributed by atoms with van der Waals surface area (Å²) < 4.78 is 68.7. The molecule has 1 saturated heterocycles. The summed E-state index contributed by atoms with van der Waals surface area (Å²) in [4.78, 5) is 20.9. The van der Waals surface area contributed by atoms with Crippen LogP contribution >= 0.6 is 0 Å². The van der Waals surface area contributed by atoms with Crippen LogP contribution < -0.4 is 15.0 Å². The van der Waals surface area contributed by atoms with E-state index in [-0.39, 0.29) is 23.7 Å². The van der Waals surface area contributed by atoms with Gasteiger partial charge in [-0.2, -0.15) is 0 Å². The highest BCUT2D eigenvalue weighted by molar-refractivity contribution is 5.73. The summed E-state index contributed by atoms with van der Waals surface area (Å²) in [6.07, 6.45) is -4.73. The van der Waals surface area contributed by atoms with E-state index in [1.165, 1.54) is 25.4 Å². The highest BCUT2D eigenvalue weighted by Crippen LogP contribution is 2.30. The molecule has 3 rings (SSSR count). The number of hydrogen-bond donors (Lipinski definition) is 1. The number of carbonyl (C=O) groups is 1. The topological polar surface area (TPSA) is 67.4 Å². The second-order valence-corrected chi connectivity index (χ2v) is 6.51. The number of alkyl halides is 4. The molecule has 11 heteroatoms. The van der Waals surface area contributed by atoms with Gasteiger partial charge >= 0.3 is 6.36 Å². The van der Waals surface area contributed by atoms with Crippen LogP contribution in [0.3, 0.4) is 0 Å². The minimum Gasteiger partial charge on any atom is -0.403 e. The molecular weight excluding hydrogens is 399 g/mol. The predicted molar refractivity (Wildman–Crippen MR) is 93.4 cm³/mol. The van der Waals surface area contributed by atoms with Crippen molar-refractivity contribution in [3.05, 3.63) is 36.4 Å². The normalized spacial score (nSPS) is 19.7. The van der Waals surface area contributed by atoms with E-state index >= 15 is 0 Å². The maximum atomic E-state index is 14.3. The molecule has 0 aliphatic carbocycles. The van der Waals surface area contributed by atoms with Crippen LogP contribution in [0.25, 0.3) is 11.3 Å². The van der Waals surface area contributed by atoms with E-state index in [1.54, 1.807) is 4.90 Å². The Bertz CT molecular complexity index is 893. The monoisotopic (exact) mass is 416 g/mol. The number of piperidine rings is 1. The molecule has 2 aromatic rings. The summed E-state index contributed by atoms with van der Waals surface area (Å²) in [6, 6.07) is 3.87. The summed E-state index contributed by atoms with van der Waals surface area (Å²) in [7, 11) is 0. The van der Waals surface area contributed by atoms with Gasteiger partial charge in [-0.25, -0.2) is 18.7 Å². The summed E-state index contributed by atoms with van der Waals surface area (Å²) in [5.74, 6) is -2.07. The van der Waals surface area contributed by atoms with Crippen LogP contribution in [0.1, 0.15) is 13.3 Å². The van der Waals surface area contributed by atoms with Gasteiger partial charge in [0, 0.05) is 25.1 Å². The molecule has 0 bridgehead atoms. The van der Waals surface area contributed by atoms with E-state index in [2.05, 4.69) is 20.0 Å². The van der Waals surface area contributed by atoms with Gasteiger partial charge in [-0.15, -0.1) is 13.2 Å². The number of anilines is 1. The third-order valence-electron chi connectivity index (χ3n) is 4.36. The molecule has 0 unspecified atom stereocenters. The largest absolute Gasteiger partial charge is 0.573 e. The summed E-state index contributed by atoms with van der Waals surface area (Å²) in [6.45, 7) is 1.74. The Balaban J connectivity index is 1.77. The summed E-state index contributed by atoms with van der Waals surface area (Å²) >= 11 is 0. The first-order valence-corrected chi connectivity index (χ1v) is 8.66. The zero-order chi connectivity index (χ0) is 21.2. The molecule has 156 valence electrons. The molecule has 2 heterocycles. The third kappa shape index (κ3) is 5.30. The van der Waals surface area contributed by atoms with E-state index in [4.69, 9.17) is 0 Å². The van der Waals surface area contributed by atoms with E-state index in [9.17, 15) is 26.7 Å². The molecule has 0 saturated carbocycles. The molecule has 1 aliphatic heterocycles. The third-order valence-corrected chi connectivity index (χ3v) is 4.36. The molecule has 1 aromatic heterocycles. The molecule has 1 aromatic carbocycles. The lowest BCUT2D eigenvalue weighted by Crippen LogP contribution is -2.52. The maximum Gasteiger partial charge on any atom is 0.573 e. The Labute approximate surface area is 162 Å². The van der Waals surface area contributed by atoms with Crippen molar-refractivity contribution in [2.24, 2.45) is 0 Å². The number of nitrogens with zero attached hydrogens (tertiary/aromatic N) is 3. The lowest BCUT2D eigenvalue weighted by atomic mass is 10.0. The average molecular weight is 416 g/mol. The van der Waals surface area contributed by atoms with Crippen molar-refractivity contribution in [2.75, 3.05) is 18.0 Å². The molecule has 2 atom stereocenters. The van der Waals surface area contributed by atoms with Gasteiger partial charge in [-0.1, -0.05) is 0 Å². The van der Waals surface area contributed by atoms with E-state index in [0.717, 1.165) is 12.1 Å². The molecule has 1 aliphatic rings. The second kappa shape index (κ2) is 8.18. The van der Waals surface area contributed by atoms with Gasteiger partial charge in [-0.05, 0) is 24.6 Å². The van der Waals surface area contributed by atoms with Gasteiger partial charge in [-0.3, -0.25) is 4.79 Å². The number of ether oxygens (including phenoxy) is 1. The molecule has 1 N–H and O–H groups in total. The van der Waals surface area contributed by atoms with E-state index in [1.807, 2.05) is 0 Å². The van der Waals surface area contributed by atoms with Crippen LogP contribution in [0.2, 0.25) is 0 Å². The van der Waals surface area contributed by atoms with Crippen LogP contribution in [-0.4, -0.2) is 47.5 Å². The van der Waals surface area contributed by atoms with Gasteiger partial charge in [0.05, 0.1) is 18.3 Å². The minimum absolute atomic E-state index is 0.00583. The SMILES string of the molecule is CC(=O)N[C@H]1CCN(c2cc(-c3ccc(OC(F)(F)F)c(F)c3)ncn2)C[C@@H]1F. The van der Waals surface area contributed by atoms with Gasteiger partial charge in [0.2, 0.25) is 5.91 Å². The van der Waals surface area contributed by atoms with Crippen molar-refractivity contribution in [1.29, 1.82) is 0 Å². The number of carbonyl (C=O) groups excluding carboxylic acids is 1. The van der Waals surface area contributed by atoms with Crippen molar-refractivity contribution in [3.63, 3.8) is 0 Å². The molecule has 1 fully saturated rings. The number of benzene rings is 1. The molecule has 0 spiro atoms. The fourth-order valence-corrected chi connectivity index (χ4v) is 3.08. The quantitative estimate of drug-likeness (QED) is 0.776. The van der Waals surface area contributed by atoms with Crippen molar-refractivity contribution in [1.82, 2.24) is 15.3 Å². The highest BCUT2D eigenvalue weighted by Gasteiger charge is 2.33. The fourth-order valence-electron chi connectivity index (χ4n) is 3.08. The van der Waals surface area contributed by atoms with E-state index < -0.39 is 30.1 Å². The Morgan fingerprint density at radius 2 is 2.03 bits per heavy atom. The summed E-state index contributed by atoms with van der Waals surface area (Å²) in [5.41, 5.74) is 0.470. The number of amides is 1. The van der Waals surface area contributed by atoms with Crippen molar-refractivity contribution in [3.8, 4) is 17.0 Å². The Morgan fingerprint density at radius 1 is 1.28 bits per heavy atom. The second-order valence-electron chi connectivity index (χ2n) is 6.51. The highest BCUT2D eigenvalue weighted by atomic mass is 19.4. The molecule has 0 radical (unpaired) electrons. The number of rotatable bonds is 4. The summed E-state index contributed by atoms with van der Waals surface area (Å²) in [5, 5.41) is 2.56. The Hall–Kier alpha value is -2.98. The Kier molecular flexibility index (Phi) is 5.85. The molecule has 29 heavy (non-hydrogen) atoms. The zero-order valence-electron chi connectivity index (χ0n) is 15.2. The first-order valence-electron chi connectivity index (χ1n) is 8.66. The van der Waals surface area contributed by atoms with Gasteiger partial charge < -0.3 is 15.0 Å². The maximum absolute atomic E-state index is 14.3. The number of nitrogens with one attached hydrogen (secondary N) is 1. The van der Waals surface area contributed by atoms with Crippen molar-refractivity contribution in [2.45, 2.75) is 31.9 Å². The average Bonchev–Trinajstić information content (AvgIpc) is 2.64. The van der Waals surface area contributed by atoms with Crippen LogP contribution in [0, 0.1) is 5.82 Å². The molecule has 6 nitrogen and oxygen atoms in total. The first-order chi connectivity index (χ1) is 13.6.